The van der Waals surface area contributed by atoms with Crippen LogP contribution in [-0.4, -0.2) is 57.6 Å². The molecule has 2 fully saturated rings. The first-order chi connectivity index (χ1) is 13.3. The lowest BCUT2D eigenvalue weighted by Gasteiger charge is -2.33. The maximum absolute atomic E-state index is 9.11. The number of rotatable bonds is 6. The predicted octanol–water partition coefficient (Wildman–Crippen LogP) is 2.21. The van der Waals surface area contributed by atoms with Crippen LogP contribution in [0.1, 0.15) is 49.9 Å². The van der Waals surface area contributed by atoms with Gasteiger partial charge in [0.1, 0.15) is 5.82 Å². The minimum absolute atomic E-state index is 0.123. The first kappa shape index (κ1) is 18.2. The van der Waals surface area contributed by atoms with Crippen LogP contribution in [0.2, 0.25) is 0 Å². The summed E-state index contributed by atoms with van der Waals surface area (Å²) in [4.78, 5) is 14.4. The highest BCUT2D eigenvalue weighted by molar-refractivity contribution is 5.47. The van der Waals surface area contributed by atoms with Crippen molar-refractivity contribution in [2.24, 2.45) is 0 Å². The Morgan fingerprint density at radius 1 is 1.11 bits per heavy atom. The highest BCUT2D eigenvalue weighted by atomic mass is 16.3. The summed E-state index contributed by atoms with van der Waals surface area (Å²) in [6, 6.07) is 4.25. The Bertz CT molecular complexity index is 755. The second kappa shape index (κ2) is 8.25. The Hall–Kier alpha value is -2.15. The Kier molecular flexibility index (Phi) is 5.57. The maximum atomic E-state index is 9.11. The van der Waals surface area contributed by atoms with Gasteiger partial charge in [-0.3, -0.25) is 4.68 Å². The molecule has 7 nitrogen and oxygen atoms in total. The average Bonchev–Trinajstić information content (AvgIpc) is 3.40. The second-order valence-corrected chi connectivity index (χ2v) is 7.58. The topological polar surface area (TPSA) is 70.3 Å². The first-order valence-electron chi connectivity index (χ1n) is 10.3. The Morgan fingerprint density at radius 2 is 1.93 bits per heavy atom. The molecule has 7 heteroatoms. The Morgan fingerprint density at radius 3 is 2.70 bits per heavy atom. The zero-order valence-electron chi connectivity index (χ0n) is 16.2. The summed E-state index contributed by atoms with van der Waals surface area (Å²) in [7, 11) is 0. The van der Waals surface area contributed by atoms with Crippen LogP contribution in [0.5, 0.6) is 0 Å². The van der Waals surface area contributed by atoms with Gasteiger partial charge in [0.15, 0.2) is 0 Å². The van der Waals surface area contributed by atoms with E-state index in [1.54, 1.807) is 0 Å². The molecule has 1 unspecified atom stereocenters. The minimum Gasteiger partial charge on any atom is -0.394 e. The third-order valence-electron chi connectivity index (χ3n) is 5.66. The van der Waals surface area contributed by atoms with E-state index in [4.69, 9.17) is 15.1 Å². The van der Waals surface area contributed by atoms with E-state index in [-0.39, 0.29) is 6.61 Å². The van der Waals surface area contributed by atoms with Crippen LogP contribution in [0.25, 0.3) is 0 Å². The molecule has 0 saturated carbocycles. The number of aliphatic hydroxyl groups is 1. The minimum atomic E-state index is 0.123. The van der Waals surface area contributed by atoms with Gasteiger partial charge in [-0.2, -0.15) is 10.1 Å². The molecule has 1 N–H and O–H groups in total. The van der Waals surface area contributed by atoms with Gasteiger partial charge in [-0.1, -0.05) is 6.92 Å². The average molecular weight is 371 g/mol. The van der Waals surface area contributed by atoms with Crippen molar-refractivity contribution in [1.29, 1.82) is 0 Å². The summed E-state index contributed by atoms with van der Waals surface area (Å²) in [5.41, 5.74) is 2.24. The highest BCUT2D eigenvalue weighted by Crippen LogP contribution is 2.30. The number of nitrogens with zero attached hydrogens (tertiary/aromatic N) is 6. The van der Waals surface area contributed by atoms with Crippen molar-refractivity contribution in [3.05, 3.63) is 29.7 Å². The molecule has 4 rings (SSSR count). The molecule has 0 amide bonds. The summed E-state index contributed by atoms with van der Waals surface area (Å²) < 4.78 is 1.83. The number of aryl methyl sites for hydroxylation is 1. The van der Waals surface area contributed by atoms with Crippen LogP contribution < -0.4 is 9.80 Å². The fourth-order valence-corrected chi connectivity index (χ4v) is 4.12. The van der Waals surface area contributed by atoms with E-state index in [1.807, 2.05) is 10.9 Å². The van der Waals surface area contributed by atoms with Crippen LogP contribution in [-0.2, 0) is 13.0 Å². The van der Waals surface area contributed by atoms with E-state index in [0.717, 1.165) is 68.6 Å². The molecule has 2 aliphatic heterocycles. The van der Waals surface area contributed by atoms with Crippen molar-refractivity contribution in [1.82, 2.24) is 19.7 Å². The van der Waals surface area contributed by atoms with Crippen LogP contribution in [0.15, 0.2) is 18.3 Å². The van der Waals surface area contributed by atoms with Gasteiger partial charge in [0.2, 0.25) is 5.95 Å². The number of hydrogen-bond donors (Lipinski definition) is 1. The monoisotopic (exact) mass is 370 g/mol. The Balaban J connectivity index is 1.54. The molecular weight excluding hydrogens is 340 g/mol. The first-order valence-corrected chi connectivity index (χ1v) is 10.3. The van der Waals surface area contributed by atoms with Crippen LogP contribution in [0.4, 0.5) is 11.8 Å². The number of aliphatic hydroxyl groups excluding tert-OH is 1. The van der Waals surface area contributed by atoms with Gasteiger partial charge in [0.05, 0.1) is 18.8 Å². The highest BCUT2D eigenvalue weighted by Gasteiger charge is 2.25. The lowest BCUT2D eigenvalue weighted by atomic mass is 9.95. The van der Waals surface area contributed by atoms with Gasteiger partial charge in [-0.15, -0.1) is 0 Å². The molecule has 1 atom stereocenters. The summed E-state index contributed by atoms with van der Waals surface area (Å²) in [6.07, 6.45) is 7.66. The third kappa shape index (κ3) is 4.08. The van der Waals surface area contributed by atoms with E-state index in [0.29, 0.717) is 12.5 Å². The van der Waals surface area contributed by atoms with Crippen molar-refractivity contribution in [3.8, 4) is 0 Å². The van der Waals surface area contributed by atoms with Gasteiger partial charge in [-0.25, -0.2) is 4.98 Å². The Labute approximate surface area is 161 Å². The van der Waals surface area contributed by atoms with Crippen LogP contribution >= 0.6 is 0 Å². The van der Waals surface area contributed by atoms with E-state index >= 15 is 0 Å². The van der Waals surface area contributed by atoms with Crippen molar-refractivity contribution >= 4 is 11.8 Å². The molecule has 0 bridgehead atoms. The van der Waals surface area contributed by atoms with Crippen LogP contribution in [0, 0.1) is 0 Å². The lowest BCUT2D eigenvalue weighted by Crippen LogP contribution is -2.35. The number of anilines is 2. The molecule has 0 aliphatic carbocycles. The molecule has 2 aromatic rings. The van der Waals surface area contributed by atoms with Gasteiger partial charge < -0.3 is 14.9 Å². The van der Waals surface area contributed by atoms with E-state index in [1.165, 1.54) is 12.8 Å². The van der Waals surface area contributed by atoms with Crippen molar-refractivity contribution < 1.29 is 5.11 Å². The predicted molar refractivity (Wildman–Crippen MR) is 106 cm³/mol. The second-order valence-electron chi connectivity index (χ2n) is 7.58. The van der Waals surface area contributed by atoms with Gasteiger partial charge in [0.25, 0.3) is 0 Å². The molecule has 2 aromatic heterocycles. The van der Waals surface area contributed by atoms with Crippen molar-refractivity contribution in [3.63, 3.8) is 0 Å². The lowest BCUT2D eigenvalue weighted by molar-refractivity contribution is 0.268. The van der Waals surface area contributed by atoms with Gasteiger partial charge >= 0.3 is 0 Å². The van der Waals surface area contributed by atoms with E-state index in [2.05, 4.69) is 34.0 Å². The number of piperidine rings is 1. The van der Waals surface area contributed by atoms with Gasteiger partial charge in [-0.05, 0) is 38.2 Å². The quantitative estimate of drug-likeness (QED) is 0.841. The summed E-state index contributed by atoms with van der Waals surface area (Å²) >= 11 is 0. The molecule has 2 saturated heterocycles. The standard InChI is InChI=1S/C20H30N6O/c1-2-17-14-19(22-20(21-17)24-8-3-4-9-24)25-10-5-6-16(15-25)18-7-11-26(23-18)12-13-27/h7,11,14,16,27H,2-6,8-10,12-13,15H2,1H3. The molecular formula is C20H30N6O. The number of aromatic nitrogens is 4. The van der Waals surface area contributed by atoms with E-state index < -0.39 is 0 Å². The molecule has 0 spiro atoms. The molecule has 0 radical (unpaired) electrons. The van der Waals surface area contributed by atoms with Gasteiger partial charge in [0, 0.05) is 50.1 Å². The molecule has 0 aromatic carbocycles. The SMILES string of the molecule is CCc1cc(N2CCCC(c3ccn(CCO)n3)C2)nc(N2CCCC2)n1. The normalized spacial score (nSPS) is 20.4. The fraction of sp³-hybridized carbons (Fsp3) is 0.650. The maximum Gasteiger partial charge on any atom is 0.227 e. The summed E-state index contributed by atoms with van der Waals surface area (Å²) in [5.74, 6) is 2.37. The summed E-state index contributed by atoms with van der Waals surface area (Å²) in [5, 5.41) is 13.8. The largest absolute Gasteiger partial charge is 0.394 e. The van der Waals surface area contributed by atoms with Crippen LogP contribution in [0.3, 0.4) is 0 Å². The third-order valence-corrected chi connectivity index (χ3v) is 5.66. The zero-order chi connectivity index (χ0) is 18.6. The molecule has 2 aliphatic rings. The van der Waals surface area contributed by atoms with Crippen molar-refractivity contribution in [2.75, 3.05) is 42.6 Å². The summed E-state index contributed by atoms with van der Waals surface area (Å²) in [6.45, 7) is 6.95. The van der Waals surface area contributed by atoms with Crippen molar-refractivity contribution in [2.45, 2.75) is 51.5 Å². The molecule has 27 heavy (non-hydrogen) atoms. The zero-order valence-corrected chi connectivity index (χ0v) is 16.2. The number of hydrogen-bond acceptors (Lipinski definition) is 6. The molecule has 146 valence electrons. The smallest absolute Gasteiger partial charge is 0.227 e. The van der Waals surface area contributed by atoms with E-state index in [9.17, 15) is 0 Å². The molecule has 4 heterocycles. The fourth-order valence-electron chi connectivity index (χ4n) is 4.12.